The fraction of sp³-hybridized carbons (Fsp3) is 1.00. The van der Waals surface area contributed by atoms with Crippen LogP contribution in [0.1, 0.15) is 32.1 Å². The Morgan fingerprint density at radius 3 is 2.53 bits per heavy atom. The molecule has 3 aliphatic rings. The van der Waals surface area contributed by atoms with E-state index in [2.05, 4.69) is 4.90 Å². The molecule has 2 heterocycles. The first-order chi connectivity index (χ1) is 8.19. The van der Waals surface area contributed by atoms with Gasteiger partial charge >= 0.3 is 0 Å². The van der Waals surface area contributed by atoms with Gasteiger partial charge in [-0.3, -0.25) is 4.90 Å². The number of rotatable bonds is 3. The summed E-state index contributed by atoms with van der Waals surface area (Å²) in [6.07, 6.45) is 5.35. The van der Waals surface area contributed by atoms with Gasteiger partial charge in [-0.15, -0.1) is 0 Å². The Morgan fingerprint density at radius 1 is 1.24 bits per heavy atom. The molecule has 3 rings (SSSR count). The first-order valence-corrected chi connectivity index (χ1v) is 6.93. The molecule has 3 fully saturated rings. The van der Waals surface area contributed by atoms with Gasteiger partial charge in [-0.1, -0.05) is 0 Å². The van der Waals surface area contributed by atoms with Crippen LogP contribution in [0, 0.1) is 5.41 Å². The van der Waals surface area contributed by atoms with Crippen molar-refractivity contribution in [1.29, 1.82) is 0 Å². The van der Waals surface area contributed by atoms with E-state index in [0.29, 0.717) is 6.54 Å². The number of aliphatic hydroxyl groups is 1. The van der Waals surface area contributed by atoms with Crippen LogP contribution >= 0.6 is 0 Å². The maximum absolute atomic E-state index is 11.0. The zero-order chi connectivity index (χ0) is 11.9. The van der Waals surface area contributed by atoms with Crippen molar-refractivity contribution in [2.24, 2.45) is 11.1 Å². The molecule has 0 spiro atoms. The molecule has 2 saturated heterocycles. The molecule has 1 atom stereocenters. The fourth-order valence-corrected chi connectivity index (χ4v) is 3.63. The van der Waals surface area contributed by atoms with Crippen molar-refractivity contribution in [2.75, 3.05) is 32.8 Å². The first-order valence-electron chi connectivity index (χ1n) is 6.93. The summed E-state index contributed by atoms with van der Waals surface area (Å²) in [5.74, 6) is 0. The van der Waals surface area contributed by atoms with Gasteiger partial charge in [0.05, 0.1) is 5.60 Å². The van der Waals surface area contributed by atoms with Crippen LogP contribution in [0.4, 0.5) is 0 Å². The number of likely N-dealkylation sites (tertiary alicyclic amines) is 1. The largest absolute Gasteiger partial charge is 0.388 e. The Bertz CT molecular complexity index is 287. The number of nitrogens with two attached hydrogens (primary N) is 1. The molecule has 4 heteroatoms. The minimum absolute atomic E-state index is 0.102. The predicted molar refractivity (Wildman–Crippen MR) is 65.7 cm³/mol. The zero-order valence-corrected chi connectivity index (χ0v) is 10.5. The Hall–Kier alpha value is -0.160. The monoisotopic (exact) mass is 240 g/mol. The van der Waals surface area contributed by atoms with Gasteiger partial charge in [-0.25, -0.2) is 0 Å². The average Bonchev–Trinajstić information content (AvgIpc) is 3.14. The van der Waals surface area contributed by atoms with Crippen molar-refractivity contribution >= 4 is 0 Å². The highest BCUT2D eigenvalue weighted by Crippen LogP contribution is 2.47. The van der Waals surface area contributed by atoms with Crippen molar-refractivity contribution in [3.05, 3.63) is 0 Å². The van der Waals surface area contributed by atoms with Crippen LogP contribution in [0.15, 0.2) is 0 Å². The van der Waals surface area contributed by atoms with E-state index in [1.807, 2.05) is 0 Å². The van der Waals surface area contributed by atoms with Gasteiger partial charge in [0.1, 0.15) is 0 Å². The molecule has 2 aliphatic heterocycles. The summed E-state index contributed by atoms with van der Waals surface area (Å²) in [5.41, 5.74) is 5.33. The molecule has 0 bridgehead atoms. The van der Waals surface area contributed by atoms with Crippen LogP contribution in [0.2, 0.25) is 0 Å². The molecule has 1 aliphatic carbocycles. The first kappa shape index (κ1) is 11.9. The maximum Gasteiger partial charge on any atom is 0.0855 e. The topological polar surface area (TPSA) is 58.7 Å². The van der Waals surface area contributed by atoms with Crippen LogP contribution in [0.3, 0.4) is 0 Å². The van der Waals surface area contributed by atoms with Crippen LogP contribution in [0.25, 0.3) is 0 Å². The smallest absolute Gasteiger partial charge is 0.0855 e. The van der Waals surface area contributed by atoms with Gasteiger partial charge in [0, 0.05) is 44.3 Å². The van der Waals surface area contributed by atoms with E-state index < -0.39 is 5.60 Å². The van der Waals surface area contributed by atoms with Crippen LogP contribution in [-0.4, -0.2) is 54.5 Å². The van der Waals surface area contributed by atoms with E-state index >= 15 is 0 Å². The highest BCUT2D eigenvalue weighted by atomic mass is 16.5. The second-order valence-corrected chi connectivity index (χ2v) is 6.08. The Kier molecular flexibility index (Phi) is 2.94. The molecule has 0 amide bonds. The minimum atomic E-state index is -0.575. The van der Waals surface area contributed by atoms with E-state index in [-0.39, 0.29) is 5.41 Å². The van der Waals surface area contributed by atoms with E-state index in [0.717, 1.165) is 51.6 Å². The second kappa shape index (κ2) is 4.19. The third kappa shape index (κ3) is 1.91. The van der Waals surface area contributed by atoms with Crippen molar-refractivity contribution in [1.82, 2.24) is 4.90 Å². The Morgan fingerprint density at radius 2 is 1.94 bits per heavy atom. The highest BCUT2D eigenvalue weighted by molar-refractivity contribution is 5.07. The lowest BCUT2D eigenvalue weighted by Gasteiger charge is -2.47. The molecule has 0 aromatic carbocycles. The predicted octanol–water partition coefficient (Wildman–Crippen LogP) is 0.341. The maximum atomic E-state index is 11.0. The van der Waals surface area contributed by atoms with Gasteiger partial charge in [0.25, 0.3) is 0 Å². The van der Waals surface area contributed by atoms with Crippen LogP contribution in [-0.2, 0) is 4.74 Å². The van der Waals surface area contributed by atoms with Gasteiger partial charge in [-0.2, -0.15) is 0 Å². The Balaban J connectivity index is 1.75. The van der Waals surface area contributed by atoms with Gasteiger partial charge < -0.3 is 15.6 Å². The van der Waals surface area contributed by atoms with Gasteiger partial charge in [-0.05, 0) is 32.1 Å². The lowest BCUT2D eigenvalue weighted by Crippen LogP contribution is -2.56. The zero-order valence-electron chi connectivity index (χ0n) is 10.5. The molecule has 98 valence electrons. The SMILES string of the molecule is NCC1(C2(O)CCN(C3CC3)C2)CCOCC1. The molecular weight excluding hydrogens is 216 g/mol. The average molecular weight is 240 g/mol. The lowest BCUT2D eigenvalue weighted by molar-refractivity contribution is -0.121. The minimum Gasteiger partial charge on any atom is -0.388 e. The number of ether oxygens (including phenoxy) is 1. The molecule has 3 N–H and O–H groups in total. The molecule has 1 saturated carbocycles. The molecule has 4 nitrogen and oxygen atoms in total. The van der Waals surface area contributed by atoms with Crippen molar-refractivity contribution in [3.8, 4) is 0 Å². The molecule has 0 aromatic rings. The summed E-state index contributed by atoms with van der Waals surface area (Å²) in [4.78, 5) is 2.47. The molecule has 0 radical (unpaired) electrons. The Labute approximate surface area is 103 Å². The summed E-state index contributed by atoms with van der Waals surface area (Å²) in [5, 5.41) is 11.0. The lowest BCUT2D eigenvalue weighted by atomic mass is 9.66. The third-order valence-electron chi connectivity index (χ3n) is 5.17. The molecular formula is C13H24N2O2. The summed E-state index contributed by atoms with van der Waals surface area (Å²) in [6, 6.07) is 0.749. The number of hydrogen-bond acceptors (Lipinski definition) is 4. The summed E-state index contributed by atoms with van der Waals surface area (Å²) in [7, 11) is 0. The number of β-amino-alcohol motifs (C(OH)–C–C–N with tert-alkyl or cyclic N) is 1. The fourth-order valence-electron chi connectivity index (χ4n) is 3.63. The van der Waals surface area contributed by atoms with Crippen molar-refractivity contribution in [2.45, 2.75) is 43.7 Å². The second-order valence-electron chi connectivity index (χ2n) is 6.08. The van der Waals surface area contributed by atoms with Gasteiger partial charge in [0.15, 0.2) is 0 Å². The van der Waals surface area contributed by atoms with E-state index in [1.165, 1.54) is 12.8 Å². The summed E-state index contributed by atoms with van der Waals surface area (Å²) >= 11 is 0. The standard InChI is InChI=1S/C13H24N2O2/c14-9-12(4-7-17-8-5-12)13(16)3-6-15(10-13)11-1-2-11/h11,16H,1-10,14H2. The molecule has 0 aromatic heterocycles. The van der Waals surface area contributed by atoms with Crippen molar-refractivity contribution in [3.63, 3.8) is 0 Å². The molecule has 1 unspecified atom stereocenters. The quantitative estimate of drug-likeness (QED) is 0.747. The number of nitrogens with zero attached hydrogens (tertiary/aromatic N) is 1. The van der Waals surface area contributed by atoms with E-state index in [4.69, 9.17) is 10.5 Å². The highest BCUT2D eigenvalue weighted by Gasteiger charge is 2.54. The van der Waals surface area contributed by atoms with E-state index in [9.17, 15) is 5.11 Å². The normalized spacial score (nSPS) is 38.5. The third-order valence-corrected chi connectivity index (χ3v) is 5.17. The van der Waals surface area contributed by atoms with Crippen LogP contribution in [0.5, 0.6) is 0 Å². The van der Waals surface area contributed by atoms with E-state index in [1.54, 1.807) is 0 Å². The molecule has 17 heavy (non-hydrogen) atoms. The summed E-state index contributed by atoms with van der Waals surface area (Å²) in [6.45, 7) is 3.97. The van der Waals surface area contributed by atoms with Crippen molar-refractivity contribution < 1.29 is 9.84 Å². The van der Waals surface area contributed by atoms with Gasteiger partial charge in [0.2, 0.25) is 0 Å². The summed E-state index contributed by atoms with van der Waals surface area (Å²) < 4.78 is 5.44. The van der Waals surface area contributed by atoms with Crippen LogP contribution < -0.4 is 5.73 Å². The number of hydrogen-bond donors (Lipinski definition) is 2.